The maximum Gasteiger partial charge on any atom is 0.270 e. The highest BCUT2D eigenvalue weighted by molar-refractivity contribution is 6.33. The maximum atomic E-state index is 12.3. The molecular formula is C20H11Cl2N3O4. The van der Waals surface area contributed by atoms with Gasteiger partial charge in [-0.2, -0.15) is 5.26 Å². The summed E-state index contributed by atoms with van der Waals surface area (Å²) in [5.41, 5.74) is 0.470. The van der Waals surface area contributed by atoms with Crippen LogP contribution >= 0.6 is 23.2 Å². The fourth-order valence-corrected chi connectivity index (χ4v) is 2.75. The van der Waals surface area contributed by atoms with Gasteiger partial charge in [0.1, 0.15) is 23.2 Å². The van der Waals surface area contributed by atoms with E-state index >= 15 is 0 Å². The van der Waals surface area contributed by atoms with Crippen LogP contribution in [-0.4, -0.2) is 10.8 Å². The molecule has 0 atom stereocenters. The summed E-state index contributed by atoms with van der Waals surface area (Å²) in [5.74, 6) is -0.146. The standard InChI is InChI=1S/C20H11Cl2N3O4/c21-13-1-3-14(4-2-13)24-20(26)12(11-23)9-16-6-8-19(29-16)17-10-15(25(27)28)5-7-18(17)22/h1-10H,(H,24,26). The number of hydrogen-bond acceptors (Lipinski definition) is 5. The summed E-state index contributed by atoms with van der Waals surface area (Å²) in [6, 6.07) is 15.3. The summed E-state index contributed by atoms with van der Waals surface area (Å²) in [4.78, 5) is 22.7. The fourth-order valence-electron chi connectivity index (χ4n) is 2.41. The molecule has 0 fully saturated rings. The number of non-ortho nitro benzene ring substituents is 1. The summed E-state index contributed by atoms with van der Waals surface area (Å²) < 4.78 is 5.60. The van der Waals surface area contributed by atoms with Crippen molar-refractivity contribution in [3.63, 3.8) is 0 Å². The van der Waals surface area contributed by atoms with Crippen LogP contribution in [0.25, 0.3) is 17.4 Å². The van der Waals surface area contributed by atoms with Crippen LogP contribution in [0.3, 0.4) is 0 Å². The van der Waals surface area contributed by atoms with Crippen LogP contribution in [-0.2, 0) is 4.79 Å². The first kappa shape index (κ1) is 20.1. The van der Waals surface area contributed by atoms with E-state index in [0.717, 1.165) is 0 Å². The molecule has 0 aliphatic carbocycles. The zero-order chi connectivity index (χ0) is 21.0. The Labute approximate surface area is 174 Å². The normalized spacial score (nSPS) is 11.0. The summed E-state index contributed by atoms with van der Waals surface area (Å²) in [5, 5.41) is 23.6. The second-order valence-corrected chi connectivity index (χ2v) is 6.60. The zero-order valence-corrected chi connectivity index (χ0v) is 16.1. The number of furan rings is 1. The minimum atomic E-state index is -0.624. The largest absolute Gasteiger partial charge is 0.457 e. The van der Waals surface area contributed by atoms with Crippen molar-refractivity contribution in [1.29, 1.82) is 5.26 Å². The lowest BCUT2D eigenvalue weighted by molar-refractivity contribution is -0.384. The molecule has 1 amide bonds. The maximum absolute atomic E-state index is 12.3. The number of anilines is 1. The molecule has 0 aliphatic heterocycles. The van der Waals surface area contributed by atoms with Crippen LogP contribution in [0.4, 0.5) is 11.4 Å². The van der Waals surface area contributed by atoms with Crippen molar-refractivity contribution < 1.29 is 14.1 Å². The van der Waals surface area contributed by atoms with Gasteiger partial charge in [-0.25, -0.2) is 0 Å². The van der Waals surface area contributed by atoms with Crippen molar-refractivity contribution in [2.75, 3.05) is 5.32 Å². The molecule has 0 radical (unpaired) electrons. The van der Waals surface area contributed by atoms with Crippen molar-refractivity contribution in [3.05, 3.63) is 86.1 Å². The van der Waals surface area contributed by atoms with Crippen molar-refractivity contribution >= 4 is 46.6 Å². The highest BCUT2D eigenvalue weighted by Gasteiger charge is 2.15. The Balaban J connectivity index is 1.85. The Kier molecular flexibility index (Phi) is 5.98. The van der Waals surface area contributed by atoms with E-state index in [2.05, 4.69) is 5.32 Å². The number of nitro groups is 1. The summed E-state index contributed by atoms with van der Waals surface area (Å²) in [6.45, 7) is 0. The molecule has 29 heavy (non-hydrogen) atoms. The third kappa shape index (κ3) is 4.82. The predicted molar refractivity (Wildman–Crippen MR) is 109 cm³/mol. The molecular weight excluding hydrogens is 417 g/mol. The van der Waals surface area contributed by atoms with E-state index in [-0.39, 0.29) is 27.8 Å². The minimum Gasteiger partial charge on any atom is -0.457 e. The number of nitrogens with one attached hydrogen (secondary N) is 1. The SMILES string of the molecule is N#CC(=Cc1ccc(-c2cc([N+](=O)[O-])ccc2Cl)o1)C(=O)Nc1ccc(Cl)cc1. The molecule has 0 spiro atoms. The average molecular weight is 428 g/mol. The van der Waals surface area contributed by atoms with Crippen LogP contribution in [0.2, 0.25) is 10.0 Å². The molecule has 0 bridgehead atoms. The first-order valence-electron chi connectivity index (χ1n) is 8.10. The minimum absolute atomic E-state index is 0.141. The van der Waals surface area contributed by atoms with E-state index in [1.807, 2.05) is 6.07 Å². The van der Waals surface area contributed by atoms with E-state index in [1.54, 1.807) is 30.3 Å². The van der Waals surface area contributed by atoms with Crippen LogP contribution in [0.1, 0.15) is 5.76 Å². The molecule has 144 valence electrons. The van der Waals surface area contributed by atoms with Crippen LogP contribution in [0.5, 0.6) is 0 Å². The fraction of sp³-hybridized carbons (Fsp3) is 0. The van der Waals surface area contributed by atoms with Gasteiger partial charge in [0, 0.05) is 34.5 Å². The second kappa shape index (κ2) is 8.61. The number of halogens is 2. The van der Waals surface area contributed by atoms with Gasteiger partial charge in [-0.1, -0.05) is 23.2 Å². The Hall–Kier alpha value is -3.60. The smallest absolute Gasteiger partial charge is 0.270 e. The third-order valence-corrected chi connectivity index (χ3v) is 4.39. The van der Waals surface area contributed by atoms with Gasteiger partial charge in [0.05, 0.1) is 9.95 Å². The van der Waals surface area contributed by atoms with Gasteiger partial charge in [-0.05, 0) is 42.5 Å². The molecule has 3 rings (SSSR count). The summed E-state index contributed by atoms with van der Waals surface area (Å²) >= 11 is 11.9. The Bertz CT molecular complexity index is 1160. The molecule has 0 saturated carbocycles. The lowest BCUT2D eigenvalue weighted by Crippen LogP contribution is -2.13. The topological polar surface area (TPSA) is 109 Å². The number of nitriles is 1. The monoisotopic (exact) mass is 427 g/mol. The summed E-state index contributed by atoms with van der Waals surface area (Å²) in [7, 11) is 0. The Morgan fingerprint density at radius 3 is 2.52 bits per heavy atom. The quantitative estimate of drug-likeness (QED) is 0.242. The van der Waals surface area contributed by atoms with Crippen molar-refractivity contribution in [2.24, 2.45) is 0 Å². The van der Waals surface area contributed by atoms with Crippen molar-refractivity contribution in [3.8, 4) is 17.4 Å². The average Bonchev–Trinajstić information content (AvgIpc) is 3.16. The van der Waals surface area contributed by atoms with E-state index < -0.39 is 10.8 Å². The molecule has 1 N–H and O–H groups in total. The van der Waals surface area contributed by atoms with E-state index in [0.29, 0.717) is 16.3 Å². The molecule has 1 aromatic heterocycles. The molecule has 1 heterocycles. The number of benzene rings is 2. The van der Waals surface area contributed by atoms with Gasteiger partial charge >= 0.3 is 0 Å². The Morgan fingerprint density at radius 2 is 1.86 bits per heavy atom. The number of carbonyl (C=O) groups excluding carboxylic acids is 1. The number of nitrogens with zero attached hydrogens (tertiary/aromatic N) is 2. The van der Waals surface area contributed by atoms with Crippen molar-refractivity contribution in [2.45, 2.75) is 0 Å². The van der Waals surface area contributed by atoms with Gasteiger partial charge < -0.3 is 9.73 Å². The van der Waals surface area contributed by atoms with E-state index in [4.69, 9.17) is 27.6 Å². The molecule has 0 saturated heterocycles. The number of carbonyl (C=O) groups is 1. The molecule has 0 unspecified atom stereocenters. The van der Waals surface area contributed by atoms with Gasteiger partial charge in [0.2, 0.25) is 0 Å². The van der Waals surface area contributed by atoms with Gasteiger partial charge in [-0.15, -0.1) is 0 Å². The lowest BCUT2D eigenvalue weighted by atomic mass is 10.1. The molecule has 9 heteroatoms. The van der Waals surface area contributed by atoms with Gasteiger partial charge in [0.25, 0.3) is 11.6 Å². The van der Waals surface area contributed by atoms with Crippen LogP contribution < -0.4 is 5.32 Å². The Morgan fingerprint density at radius 1 is 1.14 bits per heavy atom. The molecule has 2 aromatic carbocycles. The highest BCUT2D eigenvalue weighted by Crippen LogP contribution is 2.33. The predicted octanol–water partition coefficient (Wildman–Crippen LogP) is 5.71. The lowest BCUT2D eigenvalue weighted by Gasteiger charge is -2.04. The van der Waals surface area contributed by atoms with Crippen LogP contribution in [0, 0.1) is 21.4 Å². The zero-order valence-electron chi connectivity index (χ0n) is 14.6. The summed E-state index contributed by atoms with van der Waals surface area (Å²) in [6.07, 6.45) is 1.26. The number of amides is 1. The van der Waals surface area contributed by atoms with Gasteiger partial charge in [-0.3, -0.25) is 14.9 Å². The second-order valence-electron chi connectivity index (χ2n) is 5.75. The van der Waals surface area contributed by atoms with E-state index in [9.17, 15) is 20.2 Å². The number of nitro benzene ring substituents is 1. The first-order valence-corrected chi connectivity index (χ1v) is 8.86. The highest BCUT2D eigenvalue weighted by atomic mass is 35.5. The number of rotatable bonds is 5. The first-order chi connectivity index (χ1) is 13.9. The van der Waals surface area contributed by atoms with E-state index in [1.165, 1.54) is 30.3 Å². The van der Waals surface area contributed by atoms with Crippen molar-refractivity contribution in [1.82, 2.24) is 0 Å². The number of hydrogen-bond donors (Lipinski definition) is 1. The van der Waals surface area contributed by atoms with Gasteiger partial charge in [0.15, 0.2) is 0 Å². The third-order valence-electron chi connectivity index (χ3n) is 3.81. The van der Waals surface area contributed by atoms with Crippen LogP contribution in [0.15, 0.2) is 64.6 Å². The molecule has 3 aromatic rings. The molecule has 7 nitrogen and oxygen atoms in total. The molecule has 0 aliphatic rings.